The van der Waals surface area contributed by atoms with Crippen LogP contribution in [0.4, 0.5) is 0 Å². The molecule has 3 aromatic rings. The molecule has 20 heavy (non-hydrogen) atoms. The first-order valence-corrected chi connectivity index (χ1v) is 6.82. The predicted molar refractivity (Wildman–Crippen MR) is 78.7 cm³/mol. The monoisotopic (exact) mass is 267 g/mol. The van der Waals surface area contributed by atoms with E-state index in [1.54, 1.807) is 18.7 Å². The summed E-state index contributed by atoms with van der Waals surface area (Å²) < 4.78 is 1.96. The zero-order valence-corrected chi connectivity index (χ0v) is 11.5. The normalized spacial score (nSPS) is 11.1. The molecule has 0 spiro atoms. The number of rotatable bonds is 5. The van der Waals surface area contributed by atoms with E-state index in [4.69, 9.17) is 0 Å². The second-order valence-electron chi connectivity index (χ2n) is 4.65. The summed E-state index contributed by atoms with van der Waals surface area (Å²) >= 11 is 0. The van der Waals surface area contributed by atoms with Gasteiger partial charge < -0.3 is 5.32 Å². The lowest BCUT2D eigenvalue weighted by Gasteiger charge is -2.06. The number of para-hydroxylation sites is 2. The summed E-state index contributed by atoms with van der Waals surface area (Å²) in [6.45, 7) is 3.87. The molecule has 0 radical (unpaired) electrons. The molecule has 1 N–H and O–H groups in total. The smallest absolute Gasteiger partial charge is 0.157 e. The van der Waals surface area contributed by atoms with Crippen molar-refractivity contribution in [2.45, 2.75) is 19.9 Å². The van der Waals surface area contributed by atoms with Crippen molar-refractivity contribution in [1.29, 1.82) is 0 Å². The van der Waals surface area contributed by atoms with Gasteiger partial charge in [0.25, 0.3) is 0 Å². The van der Waals surface area contributed by atoms with Crippen LogP contribution in [0.25, 0.3) is 16.9 Å². The maximum atomic E-state index is 4.64. The van der Waals surface area contributed by atoms with Crippen molar-refractivity contribution in [2.75, 3.05) is 6.54 Å². The summed E-state index contributed by atoms with van der Waals surface area (Å²) in [5.74, 6) is 0.800. The van der Waals surface area contributed by atoms with E-state index in [0.717, 1.165) is 42.1 Å². The highest BCUT2D eigenvalue weighted by atomic mass is 15.1. The lowest BCUT2D eigenvalue weighted by atomic mass is 10.3. The molecule has 0 unspecified atom stereocenters. The SMILES string of the molecule is CCCNCc1cncc(-n2cnc3ccccc32)n1. The largest absolute Gasteiger partial charge is 0.311 e. The van der Waals surface area contributed by atoms with E-state index in [1.165, 1.54) is 0 Å². The van der Waals surface area contributed by atoms with Crippen LogP contribution in [-0.4, -0.2) is 26.1 Å². The Labute approximate surface area is 117 Å². The fourth-order valence-corrected chi connectivity index (χ4v) is 2.13. The summed E-state index contributed by atoms with van der Waals surface area (Å²) in [5, 5.41) is 3.33. The number of aromatic nitrogens is 4. The molecule has 3 rings (SSSR count). The second-order valence-corrected chi connectivity index (χ2v) is 4.65. The molecular formula is C15H17N5. The summed E-state index contributed by atoms with van der Waals surface area (Å²) in [7, 11) is 0. The Kier molecular flexibility index (Phi) is 3.69. The van der Waals surface area contributed by atoms with Crippen molar-refractivity contribution in [2.24, 2.45) is 0 Å². The third-order valence-corrected chi connectivity index (χ3v) is 3.10. The second kappa shape index (κ2) is 5.79. The topological polar surface area (TPSA) is 55.6 Å². The number of nitrogens with zero attached hydrogens (tertiary/aromatic N) is 4. The minimum absolute atomic E-state index is 0.737. The van der Waals surface area contributed by atoms with Gasteiger partial charge in [-0.15, -0.1) is 0 Å². The van der Waals surface area contributed by atoms with Crippen molar-refractivity contribution < 1.29 is 0 Å². The van der Waals surface area contributed by atoms with Crippen LogP contribution in [0.5, 0.6) is 0 Å². The number of fused-ring (bicyclic) bond motifs is 1. The molecular weight excluding hydrogens is 250 g/mol. The van der Waals surface area contributed by atoms with Gasteiger partial charge in [-0.05, 0) is 25.1 Å². The number of benzene rings is 1. The molecule has 0 saturated carbocycles. The van der Waals surface area contributed by atoms with Crippen molar-refractivity contribution in [3.63, 3.8) is 0 Å². The fraction of sp³-hybridized carbons (Fsp3) is 0.267. The molecule has 0 amide bonds. The lowest BCUT2D eigenvalue weighted by molar-refractivity contribution is 0.660. The summed E-state index contributed by atoms with van der Waals surface area (Å²) in [6, 6.07) is 8.01. The van der Waals surface area contributed by atoms with Gasteiger partial charge >= 0.3 is 0 Å². The Balaban J connectivity index is 1.92. The first-order chi connectivity index (χ1) is 9.88. The molecule has 0 aliphatic heterocycles. The maximum Gasteiger partial charge on any atom is 0.157 e. The molecule has 2 aromatic heterocycles. The molecule has 5 heteroatoms. The summed E-state index contributed by atoms with van der Waals surface area (Å²) in [6.07, 6.45) is 6.46. The zero-order valence-electron chi connectivity index (χ0n) is 11.5. The predicted octanol–water partition coefficient (Wildman–Crippen LogP) is 2.32. The van der Waals surface area contributed by atoms with Gasteiger partial charge in [0.15, 0.2) is 5.82 Å². The number of imidazole rings is 1. The standard InChI is InChI=1S/C15H17N5/c1-2-7-16-8-12-9-17-10-15(19-12)20-11-18-13-5-3-4-6-14(13)20/h3-6,9-11,16H,2,7-8H2,1H3. The van der Waals surface area contributed by atoms with E-state index >= 15 is 0 Å². The van der Waals surface area contributed by atoms with Gasteiger partial charge in [-0.3, -0.25) is 9.55 Å². The molecule has 5 nitrogen and oxygen atoms in total. The van der Waals surface area contributed by atoms with Crippen LogP contribution in [0.15, 0.2) is 43.0 Å². The molecule has 0 aliphatic carbocycles. The molecule has 2 heterocycles. The summed E-state index contributed by atoms with van der Waals surface area (Å²) in [5.41, 5.74) is 2.94. The van der Waals surface area contributed by atoms with Crippen LogP contribution < -0.4 is 5.32 Å². The Hall–Kier alpha value is -2.27. The van der Waals surface area contributed by atoms with E-state index in [0.29, 0.717) is 0 Å². The van der Waals surface area contributed by atoms with Crippen LogP contribution in [0, 0.1) is 0 Å². The van der Waals surface area contributed by atoms with Gasteiger partial charge in [-0.1, -0.05) is 19.1 Å². The highest BCUT2D eigenvalue weighted by Crippen LogP contribution is 2.15. The zero-order chi connectivity index (χ0) is 13.8. The van der Waals surface area contributed by atoms with Gasteiger partial charge in [0.2, 0.25) is 0 Å². The van der Waals surface area contributed by atoms with Crippen molar-refractivity contribution in [3.8, 4) is 5.82 Å². The van der Waals surface area contributed by atoms with Crippen molar-refractivity contribution >= 4 is 11.0 Å². The first-order valence-electron chi connectivity index (χ1n) is 6.82. The minimum atomic E-state index is 0.737. The van der Waals surface area contributed by atoms with E-state index in [9.17, 15) is 0 Å². The van der Waals surface area contributed by atoms with Gasteiger partial charge in [-0.25, -0.2) is 9.97 Å². The van der Waals surface area contributed by atoms with Crippen molar-refractivity contribution in [1.82, 2.24) is 24.8 Å². The van der Waals surface area contributed by atoms with E-state index in [1.807, 2.05) is 28.8 Å². The van der Waals surface area contributed by atoms with Gasteiger partial charge in [-0.2, -0.15) is 0 Å². The van der Waals surface area contributed by atoms with E-state index in [2.05, 4.69) is 27.2 Å². The third-order valence-electron chi connectivity index (χ3n) is 3.10. The highest BCUT2D eigenvalue weighted by Gasteiger charge is 2.06. The molecule has 0 aliphatic rings. The van der Waals surface area contributed by atoms with Crippen LogP contribution in [0.3, 0.4) is 0 Å². The fourth-order valence-electron chi connectivity index (χ4n) is 2.13. The Morgan fingerprint density at radius 1 is 1.20 bits per heavy atom. The van der Waals surface area contributed by atoms with Crippen LogP contribution >= 0.6 is 0 Å². The first kappa shape index (κ1) is 12.7. The van der Waals surface area contributed by atoms with E-state index < -0.39 is 0 Å². The molecule has 102 valence electrons. The number of nitrogens with one attached hydrogen (secondary N) is 1. The molecule has 1 aromatic carbocycles. The quantitative estimate of drug-likeness (QED) is 0.721. The highest BCUT2D eigenvalue weighted by molar-refractivity contribution is 5.76. The van der Waals surface area contributed by atoms with Gasteiger partial charge in [0.05, 0.1) is 22.9 Å². The molecule has 0 saturated heterocycles. The number of hydrogen-bond acceptors (Lipinski definition) is 4. The third kappa shape index (κ3) is 2.53. The van der Waals surface area contributed by atoms with Gasteiger partial charge in [0, 0.05) is 12.7 Å². The van der Waals surface area contributed by atoms with Crippen molar-refractivity contribution in [3.05, 3.63) is 48.7 Å². The maximum absolute atomic E-state index is 4.64. The van der Waals surface area contributed by atoms with Gasteiger partial charge in [0.1, 0.15) is 6.33 Å². The molecule has 0 bridgehead atoms. The minimum Gasteiger partial charge on any atom is -0.311 e. The molecule has 0 fully saturated rings. The van der Waals surface area contributed by atoms with Crippen LogP contribution in [-0.2, 0) is 6.54 Å². The molecule has 0 atom stereocenters. The summed E-state index contributed by atoms with van der Waals surface area (Å²) in [4.78, 5) is 13.3. The Bertz CT molecular complexity index is 704. The lowest BCUT2D eigenvalue weighted by Crippen LogP contribution is -2.15. The van der Waals surface area contributed by atoms with E-state index in [-0.39, 0.29) is 0 Å². The average Bonchev–Trinajstić information content (AvgIpc) is 2.92. The Morgan fingerprint density at radius 2 is 2.10 bits per heavy atom. The van der Waals surface area contributed by atoms with Crippen LogP contribution in [0.2, 0.25) is 0 Å². The Morgan fingerprint density at radius 3 is 3.00 bits per heavy atom. The van der Waals surface area contributed by atoms with Crippen LogP contribution in [0.1, 0.15) is 19.0 Å². The average molecular weight is 267 g/mol. The number of hydrogen-bond donors (Lipinski definition) is 1.